The smallest absolute Gasteiger partial charge is 0.0962 e. The normalized spacial score (nSPS) is 11.7. The Balaban J connectivity index is 3.01. The standard InChI is InChI=1S/C12H20BrNS/c1-5-9(6-2)12-14-11(8(3)4)10(7-13)15-12/h8-9H,5-7H2,1-4H3. The highest BCUT2D eigenvalue weighted by Crippen LogP contribution is 2.33. The van der Waals surface area contributed by atoms with E-state index in [1.165, 1.54) is 28.4 Å². The number of rotatable bonds is 5. The summed E-state index contributed by atoms with van der Waals surface area (Å²) in [4.78, 5) is 6.22. The number of halogens is 1. The van der Waals surface area contributed by atoms with Crippen LogP contribution in [0.15, 0.2) is 0 Å². The summed E-state index contributed by atoms with van der Waals surface area (Å²) in [6.45, 7) is 8.94. The van der Waals surface area contributed by atoms with E-state index >= 15 is 0 Å². The molecule has 1 nitrogen and oxygen atoms in total. The average molecular weight is 290 g/mol. The fraction of sp³-hybridized carbons (Fsp3) is 0.750. The maximum absolute atomic E-state index is 4.81. The number of hydrogen-bond acceptors (Lipinski definition) is 2. The highest BCUT2D eigenvalue weighted by molar-refractivity contribution is 9.08. The van der Waals surface area contributed by atoms with Crippen molar-refractivity contribution in [3.8, 4) is 0 Å². The van der Waals surface area contributed by atoms with Gasteiger partial charge in [-0.15, -0.1) is 11.3 Å². The van der Waals surface area contributed by atoms with Gasteiger partial charge in [0.15, 0.2) is 0 Å². The molecule has 0 saturated carbocycles. The summed E-state index contributed by atoms with van der Waals surface area (Å²) in [7, 11) is 0. The summed E-state index contributed by atoms with van der Waals surface area (Å²) in [5.41, 5.74) is 1.29. The van der Waals surface area contributed by atoms with Crippen LogP contribution in [0, 0.1) is 0 Å². The predicted molar refractivity (Wildman–Crippen MR) is 72.2 cm³/mol. The second-order valence-corrected chi connectivity index (χ2v) is 5.84. The minimum absolute atomic E-state index is 0.539. The first-order valence-corrected chi connectivity index (χ1v) is 7.63. The summed E-state index contributed by atoms with van der Waals surface area (Å²) in [6, 6.07) is 0. The monoisotopic (exact) mass is 289 g/mol. The van der Waals surface area contributed by atoms with Crippen LogP contribution in [0.1, 0.15) is 68.0 Å². The number of hydrogen-bond donors (Lipinski definition) is 0. The first kappa shape index (κ1) is 13.2. The van der Waals surface area contributed by atoms with Crippen molar-refractivity contribution in [3.63, 3.8) is 0 Å². The minimum Gasteiger partial charge on any atom is -0.245 e. The number of alkyl halides is 1. The van der Waals surface area contributed by atoms with Gasteiger partial charge in [0, 0.05) is 16.1 Å². The lowest BCUT2D eigenvalue weighted by Crippen LogP contribution is -1.96. The summed E-state index contributed by atoms with van der Waals surface area (Å²) >= 11 is 5.44. The van der Waals surface area contributed by atoms with Crippen LogP contribution in [0.2, 0.25) is 0 Å². The molecule has 3 heteroatoms. The second-order valence-electron chi connectivity index (χ2n) is 4.16. The van der Waals surface area contributed by atoms with Crippen molar-refractivity contribution >= 4 is 27.3 Å². The molecule has 0 atom stereocenters. The molecule has 0 aliphatic carbocycles. The molecule has 1 rings (SSSR count). The summed E-state index contributed by atoms with van der Waals surface area (Å²) in [5, 5.41) is 2.27. The largest absolute Gasteiger partial charge is 0.245 e. The van der Waals surface area contributed by atoms with E-state index in [9.17, 15) is 0 Å². The van der Waals surface area contributed by atoms with E-state index in [0.29, 0.717) is 11.8 Å². The Morgan fingerprint density at radius 3 is 2.20 bits per heavy atom. The van der Waals surface area contributed by atoms with Gasteiger partial charge in [0.2, 0.25) is 0 Å². The molecule has 0 saturated heterocycles. The molecule has 0 aliphatic rings. The lowest BCUT2D eigenvalue weighted by Gasteiger charge is -2.07. The van der Waals surface area contributed by atoms with E-state index in [0.717, 1.165) is 5.33 Å². The molecule has 1 aromatic heterocycles. The Bertz CT molecular complexity index is 303. The van der Waals surface area contributed by atoms with Gasteiger partial charge in [-0.05, 0) is 18.8 Å². The average Bonchev–Trinajstić information content (AvgIpc) is 2.64. The van der Waals surface area contributed by atoms with Crippen LogP contribution in [0.5, 0.6) is 0 Å². The fourth-order valence-corrected chi connectivity index (χ4v) is 3.71. The Hall–Kier alpha value is 0.110. The Morgan fingerprint density at radius 1 is 1.27 bits per heavy atom. The van der Waals surface area contributed by atoms with Gasteiger partial charge in [-0.3, -0.25) is 0 Å². The van der Waals surface area contributed by atoms with Crippen LogP contribution >= 0.6 is 27.3 Å². The lowest BCUT2D eigenvalue weighted by atomic mass is 10.0. The summed E-state index contributed by atoms with van der Waals surface area (Å²) in [6.07, 6.45) is 2.40. The SMILES string of the molecule is CCC(CC)c1nc(C(C)C)c(CBr)s1. The molecule has 0 unspecified atom stereocenters. The van der Waals surface area contributed by atoms with Crippen LogP contribution in [0.25, 0.3) is 0 Å². The van der Waals surface area contributed by atoms with Gasteiger partial charge in [-0.2, -0.15) is 0 Å². The third-order valence-electron chi connectivity index (χ3n) is 2.75. The van der Waals surface area contributed by atoms with Crippen molar-refractivity contribution in [1.29, 1.82) is 0 Å². The van der Waals surface area contributed by atoms with Crippen molar-refractivity contribution in [1.82, 2.24) is 4.98 Å². The van der Waals surface area contributed by atoms with Crippen LogP contribution in [0.3, 0.4) is 0 Å². The van der Waals surface area contributed by atoms with E-state index in [1.54, 1.807) is 0 Å². The third-order valence-corrected chi connectivity index (χ3v) is 4.91. The van der Waals surface area contributed by atoms with Crippen molar-refractivity contribution in [2.75, 3.05) is 0 Å². The van der Waals surface area contributed by atoms with Gasteiger partial charge in [-0.25, -0.2) is 4.98 Å². The van der Waals surface area contributed by atoms with Crippen LogP contribution < -0.4 is 0 Å². The van der Waals surface area contributed by atoms with Gasteiger partial charge >= 0.3 is 0 Å². The number of nitrogens with zero attached hydrogens (tertiary/aromatic N) is 1. The maximum atomic E-state index is 4.81. The second kappa shape index (κ2) is 6.00. The third kappa shape index (κ3) is 3.04. The van der Waals surface area contributed by atoms with Gasteiger partial charge in [-0.1, -0.05) is 43.6 Å². The van der Waals surface area contributed by atoms with E-state index in [1.807, 2.05) is 11.3 Å². The van der Waals surface area contributed by atoms with E-state index in [2.05, 4.69) is 43.6 Å². The number of thiazole rings is 1. The molecular weight excluding hydrogens is 270 g/mol. The predicted octanol–water partition coefficient (Wildman–Crippen LogP) is 5.07. The molecule has 0 radical (unpaired) electrons. The zero-order valence-corrected chi connectivity index (χ0v) is 12.4. The van der Waals surface area contributed by atoms with Gasteiger partial charge in [0.25, 0.3) is 0 Å². The van der Waals surface area contributed by atoms with Crippen LogP contribution in [-0.2, 0) is 5.33 Å². The molecule has 15 heavy (non-hydrogen) atoms. The fourth-order valence-electron chi connectivity index (χ4n) is 1.74. The first-order valence-electron chi connectivity index (χ1n) is 5.69. The first-order chi connectivity index (χ1) is 7.13. The van der Waals surface area contributed by atoms with Gasteiger partial charge in [0.05, 0.1) is 10.7 Å². The van der Waals surface area contributed by atoms with Crippen molar-refractivity contribution in [3.05, 3.63) is 15.6 Å². The quantitative estimate of drug-likeness (QED) is 0.690. The molecule has 0 aliphatic heterocycles. The molecular formula is C12H20BrNS. The molecule has 1 aromatic rings. The molecule has 0 bridgehead atoms. The minimum atomic E-state index is 0.539. The summed E-state index contributed by atoms with van der Waals surface area (Å²) < 4.78 is 0. The van der Waals surface area contributed by atoms with Crippen LogP contribution in [0.4, 0.5) is 0 Å². The van der Waals surface area contributed by atoms with Crippen LogP contribution in [-0.4, -0.2) is 4.98 Å². The van der Waals surface area contributed by atoms with Crippen molar-refractivity contribution in [2.45, 2.75) is 57.7 Å². The van der Waals surface area contributed by atoms with Gasteiger partial charge in [0.1, 0.15) is 0 Å². The maximum Gasteiger partial charge on any atom is 0.0962 e. The molecule has 0 aromatic carbocycles. The zero-order chi connectivity index (χ0) is 11.4. The van der Waals surface area contributed by atoms with E-state index in [4.69, 9.17) is 4.98 Å². The highest BCUT2D eigenvalue weighted by atomic mass is 79.9. The zero-order valence-electron chi connectivity index (χ0n) is 10.0. The molecule has 86 valence electrons. The Labute approximate surface area is 105 Å². The van der Waals surface area contributed by atoms with E-state index < -0.39 is 0 Å². The molecule has 0 fully saturated rings. The molecule has 0 spiro atoms. The number of aromatic nitrogens is 1. The van der Waals surface area contributed by atoms with Gasteiger partial charge < -0.3 is 0 Å². The van der Waals surface area contributed by atoms with Crippen molar-refractivity contribution in [2.24, 2.45) is 0 Å². The van der Waals surface area contributed by atoms with Crippen molar-refractivity contribution < 1.29 is 0 Å². The lowest BCUT2D eigenvalue weighted by molar-refractivity contribution is 0.632. The Morgan fingerprint density at radius 2 is 1.87 bits per heavy atom. The molecule has 1 heterocycles. The molecule has 0 N–H and O–H groups in total. The molecule has 0 amide bonds. The Kier molecular flexibility index (Phi) is 5.27. The highest BCUT2D eigenvalue weighted by Gasteiger charge is 2.17. The summed E-state index contributed by atoms with van der Waals surface area (Å²) in [5.74, 6) is 1.19. The van der Waals surface area contributed by atoms with E-state index in [-0.39, 0.29) is 0 Å². The topological polar surface area (TPSA) is 12.9 Å².